The Morgan fingerprint density at radius 3 is 3.04 bits per heavy atom. The minimum atomic E-state index is -0.174. The Hall–Kier alpha value is -1.90. The number of hydrogen-bond donors (Lipinski definition) is 1. The van der Waals surface area contributed by atoms with Crippen LogP contribution in [0.5, 0.6) is 0 Å². The molecule has 0 fully saturated rings. The van der Waals surface area contributed by atoms with Crippen molar-refractivity contribution in [1.29, 1.82) is 0 Å². The van der Waals surface area contributed by atoms with Crippen molar-refractivity contribution in [2.24, 2.45) is 0 Å². The van der Waals surface area contributed by atoms with Gasteiger partial charge in [0.2, 0.25) is 11.8 Å². The molecule has 0 aliphatic rings. The third-order valence-corrected chi connectivity index (χ3v) is 4.55. The molecule has 3 rings (SSSR count). The van der Waals surface area contributed by atoms with Gasteiger partial charge in [-0.25, -0.2) is 4.98 Å². The number of carbonyl (C=O) groups excluding carboxylic acids is 1. The van der Waals surface area contributed by atoms with Crippen LogP contribution in [-0.4, -0.2) is 26.8 Å². The highest BCUT2D eigenvalue weighted by Crippen LogP contribution is 2.25. The van der Waals surface area contributed by atoms with Crippen LogP contribution in [0.4, 0.5) is 5.13 Å². The molecule has 118 valence electrons. The number of carbonyl (C=O) groups is 1. The van der Waals surface area contributed by atoms with Crippen molar-refractivity contribution in [1.82, 2.24) is 15.2 Å². The summed E-state index contributed by atoms with van der Waals surface area (Å²) >= 11 is 8.52. The molecular formula is C14H11ClN4O2S2. The number of amides is 1. The number of anilines is 1. The maximum absolute atomic E-state index is 11.8. The van der Waals surface area contributed by atoms with E-state index in [1.54, 1.807) is 24.4 Å². The van der Waals surface area contributed by atoms with Crippen LogP contribution in [0, 0.1) is 6.92 Å². The molecule has 1 amide bonds. The van der Waals surface area contributed by atoms with Gasteiger partial charge >= 0.3 is 0 Å². The van der Waals surface area contributed by atoms with Crippen molar-refractivity contribution >= 4 is 45.7 Å². The van der Waals surface area contributed by atoms with E-state index in [9.17, 15) is 4.79 Å². The first-order chi connectivity index (χ1) is 11.1. The van der Waals surface area contributed by atoms with Gasteiger partial charge in [-0.05, 0) is 25.1 Å². The van der Waals surface area contributed by atoms with Gasteiger partial charge in [0.25, 0.3) is 5.22 Å². The summed E-state index contributed by atoms with van der Waals surface area (Å²) in [5.74, 6) is 0.355. The molecular weight excluding hydrogens is 356 g/mol. The van der Waals surface area contributed by atoms with Crippen LogP contribution in [0.2, 0.25) is 5.02 Å². The van der Waals surface area contributed by atoms with Gasteiger partial charge in [-0.2, -0.15) is 0 Å². The maximum atomic E-state index is 11.8. The number of thiazole rings is 1. The lowest BCUT2D eigenvalue weighted by Gasteiger charge is -1.98. The Labute approximate surface area is 145 Å². The molecule has 1 N–H and O–H groups in total. The largest absolute Gasteiger partial charge is 0.411 e. The fourth-order valence-electron chi connectivity index (χ4n) is 1.70. The van der Waals surface area contributed by atoms with Crippen LogP contribution in [0.1, 0.15) is 4.88 Å². The highest BCUT2D eigenvalue weighted by atomic mass is 35.5. The predicted molar refractivity (Wildman–Crippen MR) is 90.9 cm³/mol. The number of nitrogens with zero attached hydrogens (tertiary/aromatic N) is 3. The molecule has 23 heavy (non-hydrogen) atoms. The van der Waals surface area contributed by atoms with E-state index in [1.165, 1.54) is 23.1 Å². The molecule has 0 bridgehead atoms. The Balaban J connectivity index is 1.58. The van der Waals surface area contributed by atoms with Crippen molar-refractivity contribution in [2.75, 3.05) is 11.1 Å². The standard InChI is InChI=1S/C14H11ClN4O2S2/c1-8-6-16-13(23-8)17-11(20)7-22-14-19-18-12(21-14)9-3-2-4-10(15)5-9/h2-6H,7H2,1H3,(H,16,17,20). The number of halogens is 1. The second-order valence-electron chi connectivity index (χ2n) is 4.50. The molecule has 2 heterocycles. The monoisotopic (exact) mass is 366 g/mol. The SMILES string of the molecule is Cc1cnc(NC(=O)CSc2nnc(-c3cccc(Cl)c3)o2)s1. The zero-order valence-electron chi connectivity index (χ0n) is 11.9. The average Bonchev–Trinajstić information content (AvgIpc) is 3.14. The van der Waals surface area contributed by atoms with Gasteiger partial charge in [0.1, 0.15) is 0 Å². The highest BCUT2D eigenvalue weighted by molar-refractivity contribution is 7.99. The minimum Gasteiger partial charge on any atom is -0.411 e. The van der Waals surface area contributed by atoms with Gasteiger partial charge in [-0.1, -0.05) is 29.4 Å². The lowest BCUT2D eigenvalue weighted by atomic mass is 10.2. The van der Waals surface area contributed by atoms with E-state index < -0.39 is 0 Å². The average molecular weight is 367 g/mol. The molecule has 2 aromatic heterocycles. The lowest BCUT2D eigenvalue weighted by Crippen LogP contribution is -2.13. The number of aromatic nitrogens is 3. The van der Waals surface area contributed by atoms with E-state index in [2.05, 4.69) is 20.5 Å². The first-order valence-electron chi connectivity index (χ1n) is 6.55. The summed E-state index contributed by atoms with van der Waals surface area (Å²) in [6.45, 7) is 1.93. The second kappa shape index (κ2) is 7.12. The summed E-state index contributed by atoms with van der Waals surface area (Å²) in [6, 6.07) is 7.13. The molecule has 6 nitrogen and oxygen atoms in total. The fraction of sp³-hybridized carbons (Fsp3) is 0.143. The van der Waals surface area contributed by atoms with Crippen LogP contribution in [0.3, 0.4) is 0 Å². The van der Waals surface area contributed by atoms with E-state index in [0.29, 0.717) is 21.3 Å². The van der Waals surface area contributed by atoms with Crippen molar-refractivity contribution in [3.05, 3.63) is 40.4 Å². The normalized spacial score (nSPS) is 10.7. The van der Waals surface area contributed by atoms with Gasteiger partial charge in [0.15, 0.2) is 5.13 Å². The number of benzene rings is 1. The molecule has 0 unspecified atom stereocenters. The third-order valence-electron chi connectivity index (χ3n) is 2.67. The number of hydrogen-bond acceptors (Lipinski definition) is 7. The predicted octanol–water partition coefficient (Wildman–Crippen LogP) is 3.89. The molecule has 0 spiro atoms. The molecule has 0 saturated heterocycles. The zero-order valence-corrected chi connectivity index (χ0v) is 14.3. The molecule has 3 aromatic rings. The highest BCUT2D eigenvalue weighted by Gasteiger charge is 2.12. The quantitative estimate of drug-likeness (QED) is 0.690. The number of nitrogens with one attached hydrogen (secondary N) is 1. The van der Waals surface area contributed by atoms with E-state index in [4.69, 9.17) is 16.0 Å². The zero-order chi connectivity index (χ0) is 16.2. The first-order valence-corrected chi connectivity index (χ1v) is 8.73. The van der Waals surface area contributed by atoms with Gasteiger partial charge < -0.3 is 9.73 Å². The molecule has 0 aliphatic carbocycles. The summed E-state index contributed by atoms with van der Waals surface area (Å²) in [7, 11) is 0. The molecule has 9 heteroatoms. The first kappa shape index (κ1) is 16.0. The smallest absolute Gasteiger partial charge is 0.277 e. The van der Waals surface area contributed by atoms with Crippen LogP contribution < -0.4 is 5.32 Å². The summed E-state index contributed by atoms with van der Waals surface area (Å²) in [6.07, 6.45) is 1.71. The molecule has 0 radical (unpaired) electrons. The van der Waals surface area contributed by atoms with Crippen LogP contribution in [0.15, 0.2) is 40.1 Å². The molecule has 0 atom stereocenters. The summed E-state index contributed by atoms with van der Waals surface area (Å²) < 4.78 is 5.52. The molecule has 0 aliphatic heterocycles. The van der Waals surface area contributed by atoms with Crippen molar-refractivity contribution in [3.8, 4) is 11.5 Å². The maximum Gasteiger partial charge on any atom is 0.277 e. The van der Waals surface area contributed by atoms with E-state index in [0.717, 1.165) is 10.4 Å². The van der Waals surface area contributed by atoms with Crippen molar-refractivity contribution in [2.45, 2.75) is 12.1 Å². The van der Waals surface area contributed by atoms with E-state index >= 15 is 0 Å². The molecule has 1 aromatic carbocycles. The second-order valence-corrected chi connectivity index (χ2v) is 7.09. The third kappa shape index (κ3) is 4.31. The van der Waals surface area contributed by atoms with Crippen LogP contribution in [-0.2, 0) is 4.79 Å². The lowest BCUT2D eigenvalue weighted by molar-refractivity contribution is -0.113. The topological polar surface area (TPSA) is 80.9 Å². The van der Waals surface area contributed by atoms with E-state index in [1.807, 2.05) is 13.0 Å². The summed E-state index contributed by atoms with van der Waals surface area (Å²) in [5, 5.41) is 12.1. The van der Waals surface area contributed by atoms with Crippen molar-refractivity contribution in [3.63, 3.8) is 0 Å². The summed E-state index contributed by atoms with van der Waals surface area (Å²) in [4.78, 5) is 17.0. The van der Waals surface area contributed by atoms with Gasteiger partial charge in [-0.15, -0.1) is 21.5 Å². The Bertz CT molecular complexity index is 834. The van der Waals surface area contributed by atoms with Crippen molar-refractivity contribution < 1.29 is 9.21 Å². The fourth-order valence-corrected chi connectivity index (χ4v) is 3.14. The number of rotatable bonds is 5. The minimum absolute atomic E-state index is 0.163. The summed E-state index contributed by atoms with van der Waals surface area (Å²) in [5.41, 5.74) is 0.736. The van der Waals surface area contributed by atoms with Crippen LogP contribution in [0.25, 0.3) is 11.5 Å². The van der Waals surface area contributed by atoms with Gasteiger partial charge in [0, 0.05) is 21.7 Å². The van der Waals surface area contributed by atoms with E-state index in [-0.39, 0.29) is 11.7 Å². The Morgan fingerprint density at radius 1 is 1.43 bits per heavy atom. The van der Waals surface area contributed by atoms with Gasteiger partial charge in [-0.3, -0.25) is 4.79 Å². The number of thioether (sulfide) groups is 1. The van der Waals surface area contributed by atoms with Gasteiger partial charge in [0.05, 0.1) is 5.75 Å². The Kier molecular flexibility index (Phi) is 4.94. The molecule has 0 saturated carbocycles. The Morgan fingerprint density at radius 2 is 2.30 bits per heavy atom. The van der Waals surface area contributed by atoms with Crippen LogP contribution >= 0.6 is 34.7 Å². The number of aryl methyl sites for hydroxylation is 1.